The normalized spacial score (nSPS) is 41.2. The first-order valence-corrected chi connectivity index (χ1v) is 8.23. The van der Waals surface area contributed by atoms with E-state index in [9.17, 15) is 0 Å². The van der Waals surface area contributed by atoms with Crippen LogP contribution in [0.2, 0.25) is 0 Å². The molecule has 0 amide bonds. The highest BCUT2D eigenvalue weighted by atomic mass is 16.5. The third-order valence-electron chi connectivity index (χ3n) is 5.47. The lowest BCUT2D eigenvalue weighted by molar-refractivity contribution is 0.0341. The van der Waals surface area contributed by atoms with E-state index in [1.807, 2.05) is 0 Å². The van der Waals surface area contributed by atoms with E-state index in [0.717, 1.165) is 42.9 Å². The van der Waals surface area contributed by atoms with Gasteiger partial charge in [-0.2, -0.15) is 0 Å². The third kappa shape index (κ3) is 2.60. The van der Waals surface area contributed by atoms with Crippen molar-refractivity contribution in [2.24, 2.45) is 23.7 Å². The van der Waals surface area contributed by atoms with E-state index in [0.29, 0.717) is 0 Å². The largest absolute Gasteiger partial charge is 0.381 e. The van der Waals surface area contributed by atoms with Crippen LogP contribution in [0, 0.1) is 23.7 Å². The van der Waals surface area contributed by atoms with Crippen LogP contribution < -0.4 is 5.32 Å². The third-order valence-corrected chi connectivity index (χ3v) is 5.47. The van der Waals surface area contributed by atoms with Crippen LogP contribution >= 0.6 is 0 Å². The van der Waals surface area contributed by atoms with Gasteiger partial charge in [0.25, 0.3) is 0 Å². The van der Waals surface area contributed by atoms with Gasteiger partial charge in [-0.05, 0) is 62.3 Å². The maximum Gasteiger partial charge on any atom is 0.0509 e. The molecule has 18 heavy (non-hydrogen) atoms. The highest BCUT2D eigenvalue weighted by Crippen LogP contribution is 2.58. The smallest absolute Gasteiger partial charge is 0.0509 e. The van der Waals surface area contributed by atoms with E-state index < -0.39 is 0 Å². The van der Waals surface area contributed by atoms with E-state index in [2.05, 4.69) is 12.2 Å². The van der Waals surface area contributed by atoms with Gasteiger partial charge in [-0.25, -0.2) is 0 Å². The summed E-state index contributed by atoms with van der Waals surface area (Å²) in [5.41, 5.74) is 0. The lowest BCUT2D eigenvalue weighted by Crippen LogP contribution is -2.43. The maximum absolute atomic E-state index is 5.73. The van der Waals surface area contributed by atoms with Crippen molar-refractivity contribution in [3.63, 3.8) is 0 Å². The standard InChI is InChI=1S/C16H29NO/c1-2-9-17-16(12-6-5-10-18-11-12)15-13-7-3-4-8-14(13)15/h12-17H,2-11H2,1H3. The lowest BCUT2D eigenvalue weighted by Gasteiger charge is -2.32. The van der Waals surface area contributed by atoms with Gasteiger partial charge in [0.2, 0.25) is 0 Å². The van der Waals surface area contributed by atoms with Gasteiger partial charge in [-0.15, -0.1) is 0 Å². The number of nitrogens with one attached hydrogen (secondary N) is 1. The molecule has 104 valence electrons. The Labute approximate surface area is 112 Å². The van der Waals surface area contributed by atoms with Gasteiger partial charge in [-0.1, -0.05) is 19.8 Å². The number of fused-ring (bicyclic) bond motifs is 1. The first-order chi connectivity index (χ1) is 8.92. The van der Waals surface area contributed by atoms with Crippen LogP contribution in [0.4, 0.5) is 0 Å². The topological polar surface area (TPSA) is 21.3 Å². The molecule has 0 bridgehead atoms. The Bertz CT molecular complexity index is 250. The van der Waals surface area contributed by atoms with Crippen LogP contribution in [0.3, 0.4) is 0 Å². The summed E-state index contributed by atoms with van der Waals surface area (Å²) >= 11 is 0. The summed E-state index contributed by atoms with van der Waals surface area (Å²) in [7, 11) is 0. The van der Waals surface area contributed by atoms with Crippen LogP contribution in [-0.2, 0) is 4.74 Å². The van der Waals surface area contributed by atoms with Crippen LogP contribution in [-0.4, -0.2) is 25.8 Å². The monoisotopic (exact) mass is 251 g/mol. The second-order valence-corrected chi connectivity index (χ2v) is 6.65. The predicted octanol–water partition coefficient (Wildman–Crippen LogP) is 3.22. The van der Waals surface area contributed by atoms with Crippen LogP contribution in [0.1, 0.15) is 51.9 Å². The number of ether oxygens (including phenoxy) is 1. The Morgan fingerprint density at radius 2 is 1.89 bits per heavy atom. The Morgan fingerprint density at radius 1 is 1.11 bits per heavy atom. The number of hydrogen-bond donors (Lipinski definition) is 1. The summed E-state index contributed by atoms with van der Waals surface area (Å²) in [6.45, 7) is 5.48. The van der Waals surface area contributed by atoms with E-state index in [4.69, 9.17) is 4.74 Å². The van der Waals surface area contributed by atoms with Gasteiger partial charge in [0, 0.05) is 12.6 Å². The zero-order chi connectivity index (χ0) is 12.4. The van der Waals surface area contributed by atoms with Crippen LogP contribution in [0.25, 0.3) is 0 Å². The van der Waals surface area contributed by atoms with Crippen molar-refractivity contribution in [3.8, 4) is 0 Å². The molecule has 0 radical (unpaired) electrons. The van der Waals surface area contributed by atoms with Crippen molar-refractivity contribution in [2.45, 2.75) is 57.9 Å². The minimum absolute atomic E-state index is 0.762. The Balaban J connectivity index is 1.61. The lowest BCUT2D eigenvalue weighted by atomic mass is 9.89. The summed E-state index contributed by atoms with van der Waals surface area (Å²) in [6.07, 6.45) is 9.90. The molecular weight excluding hydrogens is 222 g/mol. The average molecular weight is 251 g/mol. The fourth-order valence-corrected chi connectivity index (χ4v) is 4.56. The zero-order valence-corrected chi connectivity index (χ0v) is 11.9. The van der Waals surface area contributed by atoms with Gasteiger partial charge < -0.3 is 10.1 Å². The highest BCUT2D eigenvalue weighted by Gasteiger charge is 2.55. The van der Waals surface area contributed by atoms with Crippen molar-refractivity contribution >= 4 is 0 Å². The van der Waals surface area contributed by atoms with Crippen molar-refractivity contribution < 1.29 is 4.74 Å². The number of hydrogen-bond acceptors (Lipinski definition) is 2. The van der Waals surface area contributed by atoms with Crippen molar-refractivity contribution in [1.29, 1.82) is 0 Å². The Hall–Kier alpha value is -0.0800. The first-order valence-electron chi connectivity index (χ1n) is 8.23. The maximum atomic E-state index is 5.73. The zero-order valence-electron chi connectivity index (χ0n) is 11.9. The van der Waals surface area contributed by atoms with Gasteiger partial charge in [0.15, 0.2) is 0 Å². The first kappa shape index (κ1) is 12.9. The molecule has 1 aliphatic heterocycles. The minimum Gasteiger partial charge on any atom is -0.381 e. The van der Waals surface area contributed by atoms with E-state index >= 15 is 0 Å². The second-order valence-electron chi connectivity index (χ2n) is 6.65. The molecular formula is C16H29NO. The Kier molecular flexibility index (Phi) is 4.25. The summed E-state index contributed by atoms with van der Waals surface area (Å²) < 4.78 is 5.73. The predicted molar refractivity (Wildman–Crippen MR) is 74.6 cm³/mol. The summed E-state index contributed by atoms with van der Waals surface area (Å²) in [5.74, 6) is 3.91. The molecule has 2 nitrogen and oxygen atoms in total. The van der Waals surface area contributed by atoms with Gasteiger partial charge >= 0.3 is 0 Å². The van der Waals surface area contributed by atoms with Crippen molar-refractivity contribution in [1.82, 2.24) is 5.32 Å². The number of rotatable bonds is 5. The van der Waals surface area contributed by atoms with Gasteiger partial charge in [0.05, 0.1) is 6.61 Å². The van der Waals surface area contributed by atoms with Gasteiger partial charge in [-0.3, -0.25) is 0 Å². The molecule has 3 rings (SSSR count). The molecule has 0 spiro atoms. The van der Waals surface area contributed by atoms with Crippen LogP contribution in [0.15, 0.2) is 0 Å². The molecule has 0 aromatic carbocycles. The molecule has 1 saturated heterocycles. The average Bonchev–Trinajstić information content (AvgIpc) is 3.15. The van der Waals surface area contributed by atoms with Crippen molar-refractivity contribution in [3.05, 3.63) is 0 Å². The summed E-state index contributed by atoms with van der Waals surface area (Å²) in [6, 6.07) is 0.762. The molecule has 1 heterocycles. The molecule has 4 unspecified atom stereocenters. The Morgan fingerprint density at radius 3 is 2.50 bits per heavy atom. The molecule has 0 aromatic heterocycles. The molecule has 0 aromatic rings. The summed E-state index contributed by atoms with van der Waals surface area (Å²) in [4.78, 5) is 0. The molecule has 2 heteroatoms. The molecule has 3 fully saturated rings. The van der Waals surface area contributed by atoms with E-state index in [1.165, 1.54) is 51.5 Å². The fourth-order valence-electron chi connectivity index (χ4n) is 4.56. The molecule has 2 aliphatic carbocycles. The van der Waals surface area contributed by atoms with Crippen LogP contribution in [0.5, 0.6) is 0 Å². The quantitative estimate of drug-likeness (QED) is 0.810. The second kappa shape index (κ2) is 5.92. The highest BCUT2D eigenvalue weighted by molar-refractivity contribution is 5.06. The van der Waals surface area contributed by atoms with Gasteiger partial charge in [0.1, 0.15) is 0 Å². The van der Waals surface area contributed by atoms with E-state index in [1.54, 1.807) is 0 Å². The molecule has 2 saturated carbocycles. The molecule has 1 N–H and O–H groups in total. The van der Waals surface area contributed by atoms with Crippen molar-refractivity contribution in [2.75, 3.05) is 19.8 Å². The molecule has 4 atom stereocenters. The van der Waals surface area contributed by atoms with E-state index in [-0.39, 0.29) is 0 Å². The SMILES string of the molecule is CCCNC(C1CCCOC1)C1C2CCCCC21. The minimum atomic E-state index is 0.762. The fraction of sp³-hybridized carbons (Fsp3) is 1.00. The summed E-state index contributed by atoms with van der Waals surface area (Å²) in [5, 5.41) is 3.88. The molecule has 3 aliphatic rings.